The third-order valence-electron chi connectivity index (χ3n) is 6.83. The molecule has 4 aliphatic rings. The lowest BCUT2D eigenvalue weighted by molar-refractivity contribution is -0.156. The lowest BCUT2D eigenvalue weighted by Crippen LogP contribution is -2.61. The van der Waals surface area contributed by atoms with Gasteiger partial charge in [0.05, 0.1) is 6.42 Å². The van der Waals surface area contributed by atoms with E-state index < -0.39 is 12.1 Å². The molecule has 0 spiro atoms. The number of benzene rings is 1. The van der Waals surface area contributed by atoms with E-state index in [2.05, 4.69) is 5.32 Å². The number of Topliss-reactive ketones (excluding diaryl/α,β-unsaturated/α-hetero) is 1. The minimum absolute atomic E-state index is 0.0452. The maximum Gasteiger partial charge on any atom is 0.307 e. The molecule has 0 heterocycles. The molecule has 4 fully saturated rings. The van der Waals surface area contributed by atoms with Crippen molar-refractivity contribution in [3.8, 4) is 0 Å². The molecule has 0 saturated heterocycles. The number of ether oxygens (including phenoxy) is 1. The fourth-order valence-electron chi connectivity index (χ4n) is 5.93. The van der Waals surface area contributed by atoms with E-state index in [1.807, 2.05) is 0 Å². The number of rotatable bonds is 7. The van der Waals surface area contributed by atoms with Crippen molar-refractivity contribution in [3.63, 3.8) is 0 Å². The van der Waals surface area contributed by atoms with Gasteiger partial charge < -0.3 is 10.1 Å². The summed E-state index contributed by atoms with van der Waals surface area (Å²) in [6.07, 6.45) is 6.24. The largest absolute Gasteiger partial charge is 0.453 e. The number of carbonyl (C=O) groups excluding carboxylic acids is 3. The second kappa shape index (κ2) is 8.10. The molecular formula is C23H28ClNO4. The average molecular weight is 418 g/mol. The van der Waals surface area contributed by atoms with Crippen LogP contribution < -0.4 is 5.32 Å². The third-order valence-corrected chi connectivity index (χ3v) is 7.08. The highest BCUT2D eigenvalue weighted by atomic mass is 35.5. The average Bonchev–Trinajstić information content (AvgIpc) is 2.65. The Bertz CT molecular complexity index is 768. The van der Waals surface area contributed by atoms with Crippen LogP contribution in [0, 0.1) is 17.8 Å². The van der Waals surface area contributed by atoms with Gasteiger partial charge in [-0.1, -0.05) is 11.6 Å². The lowest BCUT2D eigenvalue weighted by Gasteiger charge is -2.57. The maximum atomic E-state index is 12.7. The van der Waals surface area contributed by atoms with Crippen molar-refractivity contribution in [2.75, 3.05) is 0 Å². The van der Waals surface area contributed by atoms with Crippen molar-refractivity contribution >= 4 is 29.3 Å². The Kier molecular flexibility index (Phi) is 5.69. The zero-order valence-electron chi connectivity index (χ0n) is 16.8. The number of carbonyl (C=O) groups is 3. The first-order valence-corrected chi connectivity index (χ1v) is 11.0. The second-order valence-electron chi connectivity index (χ2n) is 9.25. The Labute approximate surface area is 176 Å². The second-order valence-corrected chi connectivity index (χ2v) is 9.69. The molecule has 156 valence electrons. The third kappa shape index (κ3) is 4.66. The van der Waals surface area contributed by atoms with Crippen molar-refractivity contribution < 1.29 is 19.1 Å². The van der Waals surface area contributed by atoms with Gasteiger partial charge in [0, 0.05) is 22.5 Å². The molecule has 1 atom stereocenters. The SMILES string of the molecule is C[C@H](OC(=O)CCC(=O)c1ccc(Cl)cc1)C(=O)NC12CC3CC(CC(C3)C1)C2. The summed E-state index contributed by atoms with van der Waals surface area (Å²) in [6, 6.07) is 6.56. The lowest BCUT2D eigenvalue weighted by atomic mass is 9.53. The van der Waals surface area contributed by atoms with Crippen LogP contribution in [0.2, 0.25) is 5.02 Å². The highest BCUT2D eigenvalue weighted by Crippen LogP contribution is 2.55. The van der Waals surface area contributed by atoms with Crippen LogP contribution in [0.1, 0.15) is 68.6 Å². The van der Waals surface area contributed by atoms with E-state index in [0.717, 1.165) is 37.0 Å². The van der Waals surface area contributed by atoms with Crippen LogP contribution in [0.5, 0.6) is 0 Å². The number of amides is 1. The molecule has 6 heteroatoms. The fourth-order valence-corrected chi connectivity index (χ4v) is 6.06. The molecule has 0 unspecified atom stereocenters. The molecule has 29 heavy (non-hydrogen) atoms. The number of nitrogens with one attached hydrogen (secondary N) is 1. The Morgan fingerprint density at radius 2 is 1.59 bits per heavy atom. The maximum absolute atomic E-state index is 12.7. The zero-order valence-corrected chi connectivity index (χ0v) is 17.5. The van der Waals surface area contributed by atoms with E-state index in [1.54, 1.807) is 31.2 Å². The first-order chi connectivity index (χ1) is 13.8. The number of ketones is 1. The number of hydrogen-bond donors (Lipinski definition) is 1. The molecule has 0 aromatic heterocycles. The predicted octanol–water partition coefficient (Wildman–Crippen LogP) is 4.32. The molecule has 1 aromatic carbocycles. The molecule has 0 aliphatic heterocycles. The highest BCUT2D eigenvalue weighted by molar-refractivity contribution is 6.30. The fraction of sp³-hybridized carbons (Fsp3) is 0.609. The van der Waals surface area contributed by atoms with Gasteiger partial charge in [0.15, 0.2) is 11.9 Å². The minimum atomic E-state index is -0.846. The Hall–Kier alpha value is -1.88. The van der Waals surface area contributed by atoms with E-state index in [9.17, 15) is 14.4 Å². The van der Waals surface area contributed by atoms with Gasteiger partial charge >= 0.3 is 5.97 Å². The van der Waals surface area contributed by atoms with Gasteiger partial charge in [-0.05, 0) is 87.5 Å². The van der Waals surface area contributed by atoms with E-state index in [1.165, 1.54) is 19.3 Å². The van der Waals surface area contributed by atoms with Gasteiger partial charge in [-0.3, -0.25) is 14.4 Å². The smallest absolute Gasteiger partial charge is 0.307 e. The van der Waals surface area contributed by atoms with E-state index in [4.69, 9.17) is 16.3 Å². The van der Waals surface area contributed by atoms with Gasteiger partial charge in [0.1, 0.15) is 0 Å². The van der Waals surface area contributed by atoms with Crippen molar-refractivity contribution in [2.45, 2.75) is 69.9 Å². The molecule has 5 rings (SSSR count). The van der Waals surface area contributed by atoms with Gasteiger partial charge in [-0.25, -0.2) is 0 Å². The Balaban J connectivity index is 1.25. The quantitative estimate of drug-likeness (QED) is 0.529. The van der Waals surface area contributed by atoms with Crippen LogP contribution in [0.25, 0.3) is 0 Å². The molecule has 5 nitrogen and oxygen atoms in total. The molecule has 4 aliphatic carbocycles. The van der Waals surface area contributed by atoms with Crippen LogP contribution >= 0.6 is 11.6 Å². The molecule has 1 amide bonds. The summed E-state index contributed by atoms with van der Waals surface area (Å²) < 4.78 is 5.31. The molecule has 1 aromatic rings. The zero-order chi connectivity index (χ0) is 20.6. The number of esters is 1. The summed E-state index contributed by atoms with van der Waals surface area (Å²) >= 11 is 5.82. The topological polar surface area (TPSA) is 72.5 Å². The first-order valence-electron chi connectivity index (χ1n) is 10.6. The van der Waals surface area contributed by atoms with Crippen molar-refractivity contribution in [1.29, 1.82) is 0 Å². The Morgan fingerprint density at radius 1 is 1.03 bits per heavy atom. The van der Waals surface area contributed by atoms with Gasteiger partial charge in [0.2, 0.25) is 0 Å². The first kappa shape index (κ1) is 20.4. The molecule has 4 bridgehead atoms. The summed E-state index contributed by atoms with van der Waals surface area (Å²) in [6.45, 7) is 1.61. The van der Waals surface area contributed by atoms with Crippen molar-refractivity contribution in [2.24, 2.45) is 17.8 Å². The summed E-state index contributed by atoms with van der Waals surface area (Å²) in [5.74, 6) is 1.31. The normalized spacial score (nSPS) is 30.6. The summed E-state index contributed by atoms with van der Waals surface area (Å²) in [4.78, 5) is 37.0. The van der Waals surface area contributed by atoms with Crippen LogP contribution in [-0.4, -0.2) is 29.3 Å². The summed E-state index contributed by atoms with van der Waals surface area (Å²) in [5, 5.41) is 3.79. The van der Waals surface area contributed by atoms with Crippen molar-refractivity contribution in [1.82, 2.24) is 5.32 Å². The predicted molar refractivity (Wildman–Crippen MR) is 110 cm³/mol. The molecule has 4 saturated carbocycles. The Morgan fingerprint density at radius 3 is 2.14 bits per heavy atom. The minimum Gasteiger partial charge on any atom is -0.453 e. The van der Waals surface area contributed by atoms with Gasteiger partial charge in [-0.15, -0.1) is 0 Å². The van der Waals surface area contributed by atoms with Gasteiger partial charge in [-0.2, -0.15) is 0 Å². The molecule has 0 radical (unpaired) electrons. The van der Waals surface area contributed by atoms with Crippen LogP contribution in [0.4, 0.5) is 0 Å². The number of halogens is 1. The van der Waals surface area contributed by atoms with E-state index in [0.29, 0.717) is 10.6 Å². The van der Waals surface area contributed by atoms with Crippen LogP contribution in [0.15, 0.2) is 24.3 Å². The monoisotopic (exact) mass is 417 g/mol. The van der Waals surface area contributed by atoms with Crippen LogP contribution in [0.3, 0.4) is 0 Å². The summed E-state index contributed by atoms with van der Waals surface area (Å²) in [7, 11) is 0. The summed E-state index contributed by atoms with van der Waals surface area (Å²) in [5.41, 5.74) is 0.409. The van der Waals surface area contributed by atoms with E-state index >= 15 is 0 Å². The number of hydrogen-bond acceptors (Lipinski definition) is 4. The highest BCUT2D eigenvalue weighted by Gasteiger charge is 2.51. The molecule has 1 N–H and O–H groups in total. The van der Waals surface area contributed by atoms with Crippen LogP contribution in [-0.2, 0) is 14.3 Å². The van der Waals surface area contributed by atoms with E-state index in [-0.39, 0.29) is 30.1 Å². The van der Waals surface area contributed by atoms with Crippen molar-refractivity contribution in [3.05, 3.63) is 34.9 Å². The standard InChI is InChI=1S/C23H28ClNO4/c1-14(29-21(27)7-6-20(26)18-2-4-19(24)5-3-18)22(28)25-23-11-15-8-16(12-23)10-17(9-15)13-23/h2-5,14-17H,6-13H2,1H3,(H,25,28)/t14-,15?,16?,17?,23?/m0/s1. The van der Waals surface area contributed by atoms with Gasteiger partial charge in [0.25, 0.3) is 5.91 Å². The molecular weight excluding hydrogens is 390 g/mol.